The number of hydrogen-bond acceptors (Lipinski definition) is 5. The molecule has 4 rings (SSSR count). The Morgan fingerprint density at radius 1 is 1.11 bits per heavy atom. The minimum atomic E-state index is -0.290. The van der Waals surface area contributed by atoms with Crippen molar-refractivity contribution < 1.29 is 9.13 Å². The summed E-state index contributed by atoms with van der Waals surface area (Å²) in [4.78, 5) is 8.58. The molecule has 0 bridgehead atoms. The zero-order chi connectivity index (χ0) is 19.4. The first kappa shape index (κ1) is 18.8. The first-order valence-electron chi connectivity index (χ1n) is 9.70. The summed E-state index contributed by atoms with van der Waals surface area (Å²) in [6, 6.07) is 15.2. The normalized spacial score (nSPS) is 17.4. The third-order valence-corrected chi connectivity index (χ3v) is 5.46. The van der Waals surface area contributed by atoms with Crippen LogP contribution in [0.1, 0.15) is 31.4 Å². The zero-order valence-electron chi connectivity index (χ0n) is 16.0. The van der Waals surface area contributed by atoms with Crippen molar-refractivity contribution in [2.24, 2.45) is 0 Å². The maximum atomic E-state index is 13.7. The number of ether oxygens (including phenoxy) is 1. The molecular weight excluding hydrogens is 355 g/mol. The van der Waals surface area contributed by atoms with Crippen LogP contribution in [0.25, 0.3) is 10.9 Å². The summed E-state index contributed by atoms with van der Waals surface area (Å²) < 4.78 is 19.3. The van der Waals surface area contributed by atoms with Gasteiger partial charge in [0.05, 0.1) is 5.52 Å². The number of anilines is 1. The van der Waals surface area contributed by atoms with E-state index in [4.69, 9.17) is 4.74 Å². The number of rotatable bonds is 6. The Hall–Kier alpha value is -2.57. The molecule has 5 nitrogen and oxygen atoms in total. The van der Waals surface area contributed by atoms with Crippen molar-refractivity contribution in [3.8, 4) is 0 Å². The molecule has 1 saturated heterocycles. The summed E-state index contributed by atoms with van der Waals surface area (Å²) in [5.74, 6) is 0.367. The Morgan fingerprint density at radius 3 is 2.68 bits per heavy atom. The number of nitrogens with one attached hydrogen (secondary N) is 2. The highest BCUT2D eigenvalue weighted by atomic mass is 19.1. The van der Waals surface area contributed by atoms with Crippen molar-refractivity contribution in [1.29, 1.82) is 0 Å². The van der Waals surface area contributed by atoms with Crippen LogP contribution in [0.3, 0.4) is 0 Å². The van der Waals surface area contributed by atoms with Crippen molar-refractivity contribution in [1.82, 2.24) is 15.3 Å². The highest BCUT2D eigenvalue weighted by molar-refractivity contribution is 5.88. The SMILES string of the molecule is CC(NC1(CNc2ncnc3ccc(F)cc23)CCOCC1)c1ccccc1. The van der Waals surface area contributed by atoms with E-state index in [0.717, 1.165) is 31.6 Å². The zero-order valence-corrected chi connectivity index (χ0v) is 16.0. The number of halogens is 1. The van der Waals surface area contributed by atoms with E-state index in [9.17, 15) is 4.39 Å². The van der Waals surface area contributed by atoms with Gasteiger partial charge in [0.25, 0.3) is 0 Å². The van der Waals surface area contributed by atoms with Crippen LogP contribution in [0, 0.1) is 5.82 Å². The van der Waals surface area contributed by atoms with Gasteiger partial charge in [0.1, 0.15) is 18.0 Å². The Morgan fingerprint density at radius 2 is 1.89 bits per heavy atom. The molecule has 146 valence electrons. The molecule has 1 atom stereocenters. The van der Waals surface area contributed by atoms with Gasteiger partial charge in [-0.1, -0.05) is 30.3 Å². The van der Waals surface area contributed by atoms with Crippen LogP contribution in [-0.2, 0) is 4.74 Å². The van der Waals surface area contributed by atoms with Crippen LogP contribution in [0.2, 0.25) is 0 Å². The number of nitrogens with zero attached hydrogens (tertiary/aromatic N) is 2. The average molecular weight is 380 g/mol. The van der Waals surface area contributed by atoms with E-state index in [0.29, 0.717) is 17.7 Å². The fourth-order valence-corrected chi connectivity index (χ4v) is 3.84. The van der Waals surface area contributed by atoms with Gasteiger partial charge in [-0.2, -0.15) is 0 Å². The highest BCUT2D eigenvalue weighted by Gasteiger charge is 2.34. The molecule has 0 aliphatic carbocycles. The third kappa shape index (κ3) is 4.13. The van der Waals surface area contributed by atoms with Crippen LogP contribution in [0.4, 0.5) is 10.2 Å². The average Bonchev–Trinajstić information content (AvgIpc) is 2.73. The number of aromatic nitrogens is 2. The maximum Gasteiger partial charge on any atom is 0.137 e. The topological polar surface area (TPSA) is 59.1 Å². The lowest BCUT2D eigenvalue weighted by Crippen LogP contribution is -2.54. The first-order valence-corrected chi connectivity index (χ1v) is 9.70. The molecule has 2 N–H and O–H groups in total. The van der Waals surface area contributed by atoms with E-state index in [1.807, 2.05) is 6.07 Å². The standard InChI is InChI=1S/C22H25FN4O/c1-16(17-5-3-2-4-6-17)27-22(9-11-28-12-10-22)14-24-21-19-13-18(23)7-8-20(19)25-15-26-21/h2-8,13,15-16,27H,9-12,14H2,1H3,(H,24,25,26). The van der Waals surface area contributed by atoms with Crippen molar-refractivity contribution in [3.05, 3.63) is 66.2 Å². The van der Waals surface area contributed by atoms with Gasteiger partial charge in [-0.25, -0.2) is 14.4 Å². The molecule has 0 radical (unpaired) electrons. The van der Waals surface area contributed by atoms with E-state index < -0.39 is 0 Å². The first-order chi connectivity index (χ1) is 13.7. The predicted octanol–water partition coefficient (Wildman–Crippen LogP) is 4.08. The van der Waals surface area contributed by atoms with Gasteiger partial charge in [0.15, 0.2) is 0 Å². The van der Waals surface area contributed by atoms with Crippen molar-refractivity contribution >= 4 is 16.7 Å². The quantitative estimate of drug-likeness (QED) is 0.675. The Kier molecular flexibility index (Phi) is 5.50. The smallest absolute Gasteiger partial charge is 0.137 e. The number of benzene rings is 2. The maximum absolute atomic E-state index is 13.7. The Labute approximate surface area is 164 Å². The summed E-state index contributed by atoms with van der Waals surface area (Å²) >= 11 is 0. The number of fused-ring (bicyclic) bond motifs is 1. The molecule has 28 heavy (non-hydrogen) atoms. The molecule has 1 aliphatic rings. The van der Waals surface area contributed by atoms with Gasteiger partial charge in [-0.05, 0) is 43.5 Å². The highest BCUT2D eigenvalue weighted by Crippen LogP contribution is 2.27. The van der Waals surface area contributed by atoms with E-state index in [-0.39, 0.29) is 17.4 Å². The second kappa shape index (κ2) is 8.20. The molecule has 2 aromatic carbocycles. The molecule has 1 fully saturated rings. The van der Waals surface area contributed by atoms with Crippen LogP contribution in [0.15, 0.2) is 54.9 Å². The minimum absolute atomic E-state index is 0.127. The van der Waals surface area contributed by atoms with Crippen LogP contribution in [0.5, 0.6) is 0 Å². The Balaban J connectivity index is 1.55. The van der Waals surface area contributed by atoms with Crippen LogP contribution >= 0.6 is 0 Å². The van der Waals surface area contributed by atoms with Gasteiger partial charge in [-0.3, -0.25) is 0 Å². The lowest BCUT2D eigenvalue weighted by Gasteiger charge is -2.40. The van der Waals surface area contributed by atoms with Crippen molar-refractivity contribution in [2.45, 2.75) is 31.3 Å². The molecule has 2 heterocycles. The summed E-state index contributed by atoms with van der Waals surface area (Å²) in [7, 11) is 0. The van der Waals surface area contributed by atoms with Crippen molar-refractivity contribution in [2.75, 3.05) is 25.1 Å². The van der Waals surface area contributed by atoms with E-state index in [2.05, 4.69) is 51.8 Å². The van der Waals surface area contributed by atoms with E-state index >= 15 is 0 Å². The molecule has 6 heteroatoms. The molecular formula is C22H25FN4O. The minimum Gasteiger partial charge on any atom is -0.381 e. The van der Waals surface area contributed by atoms with Crippen molar-refractivity contribution in [3.63, 3.8) is 0 Å². The molecule has 1 unspecified atom stereocenters. The predicted molar refractivity (Wildman–Crippen MR) is 109 cm³/mol. The molecule has 0 saturated carbocycles. The number of hydrogen-bond donors (Lipinski definition) is 2. The molecule has 0 amide bonds. The third-order valence-electron chi connectivity index (χ3n) is 5.46. The van der Waals surface area contributed by atoms with Gasteiger partial charge in [0, 0.05) is 36.7 Å². The molecule has 1 aliphatic heterocycles. The fourth-order valence-electron chi connectivity index (χ4n) is 3.84. The summed E-state index contributed by atoms with van der Waals surface area (Å²) in [5.41, 5.74) is 1.85. The summed E-state index contributed by atoms with van der Waals surface area (Å²) in [6.07, 6.45) is 3.31. The van der Waals surface area contributed by atoms with Gasteiger partial charge in [0.2, 0.25) is 0 Å². The second-order valence-electron chi connectivity index (χ2n) is 7.41. The van der Waals surface area contributed by atoms with Gasteiger partial charge >= 0.3 is 0 Å². The van der Waals surface area contributed by atoms with Gasteiger partial charge in [-0.15, -0.1) is 0 Å². The van der Waals surface area contributed by atoms with Crippen LogP contribution in [-0.4, -0.2) is 35.3 Å². The second-order valence-corrected chi connectivity index (χ2v) is 7.41. The largest absolute Gasteiger partial charge is 0.381 e. The summed E-state index contributed by atoms with van der Waals surface area (Å²) in [6.45, 7) is 4.29. The van der Waals surface area contributed by atoms with Gasteiger partial charge < -0.3 is 15.4 Å². The van der Waals surface area contributed by atoms with E-state index in [1.165, 1.54) is 24.0 Å². The van der Waals surface area contributed by atoms with E-state index in [1.54, 1.807) is 6.07 Å². The Bertz CT molecular complexity index is 928. The molecule has 0 spiro atoms. The summed E-state index contributed by atoms with van der Waals surface area (Å²) in [5, 5.41) is 7.96. The fraction of sp³-hybridized carbons (Fsp3) is 0.364. The lowest BCUT2D eigenvalue weighted by atomic mass is 9.88. The monoisotopic (exact) mass is 380 g/mol. The lowest BCUT2D eigenvalue weighted by molar-refractivity contribution is 0.0389. The molecule has 1 aromatic heterocycles. The molecule has 3 aromatic rings. The van der Waals surface area contributed by atoms with Crippen LogP contribution < -0.4 is 10.6 Å².